The zero-order valence-electron chi connectivity index (χ0n) is 18.3. The van der Waals surface area contributed by atoms with Crippen molar-refractivity contribution >= 4 is 11.6 Å². The van der Waals surface area contributed by atoms with E-state index in [1.165, 1.54) is 0 Å². The van der Waals surface area contributed by atoms with Crippen LogP contribution in [0.2, 0.25) is 0 Å². The van der Waals surface area contributed by atoms with Gasteiger partial charge in [0.15, 0.2) is 28.9 Å². The summed E-state index contributed by atoms with van der Waals surface area (Å²) in [5.41, 5.74) is 1.80. The summed E-state index contributed by atoms with van der Waals surface area (Å²) >= 11 is 0. The van der Waals surface area contributed by atoms with Crippen LogP contribution in [0.25, 0.3) is 5.65 Å². The average Bonchev–Trinajstić information content (AvgIpc) is 3.18. The predicted molar refractivity (Wildman–Crippen MR) is 118 cm³/mol. The van der Waals surface area contributed by atoms with E-state index in [1.54, 1.807) is 14.2 Å². The first-order valence-electron chi connectivity index (χ1n) is 10.0. The van der Waals surface area contributed by atoms with E-state index in [-0.39, 0.29) is 5.41 Å². The zero-order chi connectivity index (χ0) is 21.6. The van der Waals surface area contributed by atoms with E-state index in [0.29, 0.717) is 13.1 Å². The van der Waals surface area contributed by atoms with Crippen molar-refractivity contribution in [3.63, 3.8) is 0 Å². The van der Waals surface area contributed by atoms with E-state index in [4.69, 9.17) is 14.5 Å². The number of pyridine rings is 1. The quantitative estimate of drug-likeness (QED) is 0.439. The minimum absolute atomic E-state index is 0.155. The second-order valence-electron chi connectivity index (χ2n) is 7.55. The molecule has 3 rings (SSSR count). The standard InChI is InChI=1S/C22H30N6O2/c1-6-23-21(24-14-20-27-26-19-9-7-8-12-28(19)20)25-15-22(2,3)16-10-11-17(29-4)18(13-16)30-5/h7-13H,6,14-15H2,1-5H3,(H2,23,24,25). The summed E-state index contributed by atoms with van der Waals surface area (Å²) in [6, 6.07) is 11.8. The number of aromatic nitrogens is 3. The molecule has 2 aromatic heterocycles. The van der Waals surface area contributed by atoms with Crippen LogP contribution in [-0.2, 0) is 12.0 Å². The third kappa shape index (κ3) is 4.82. The van der Waals surface area contributed by atoms with Gasteiger partial charge in [-0.2, -0.15) is 0 Å². The van der Waals surface area contributed by atoms with E-state index in [1.807, 2.05) is 47.9 Å². The van der Waals surface area contributed by atoms with Gasteiger partial charge in [0.2, 0.25) is 0 Å². The molecule has 0 saturated carbocycles. The molecule has 8 heteroatoms. The Hall–Kier alpha value is -3.29. The number of hydrogen-bond donors (Lipinski definition) is 2. The number of aliphatic imine (C=N–C) groups is 1. The molecule has 0 amide bonds. The third-order valence-corrected chi connectivity index (χ3v) is 4.97. The van der Waals surface area contributed by atoms with Gasteiger partial charge < -0.3 is 20.1 Å². The molecular weight excluding hydrogens is 380 g/mol. The first-order chi connectivity index (χ1) is 14.5. The van der Waals surface area contributed by atoms with Gasteiger partial charge in [-0.25, -0.2) is 4.99 Å². The Kier molecular flexibility index (Phi) is 6.76. The van der Waals surface area contributed by atoms with E-state index in [9.17, 15) is 0 Å². The van der Waals surface area contributed by atoms with Crippen molar-refractivity contribution < 1.29 is 9.47 Å². The van der Waals surface area contributed by atoms with Crippen molar-refractivity contribution in [3.05, 3.63) is 54.0 Å². The molecule has 0 saturated heterocycles. The first kappa shape index (κ1) is 21.4. The molecule has 0 aliphatic carbocycles. The van der Waals surface area contributed by atoms with Gasteiger partial charge in [-0.3, -0.25) is 4.40 Å². The number of hydrogen-bond acceptors (Lipinski definition) is 5. The number of fused-ring (bicyclic) bond motifs is 1. The van der Waals surface area contributed by atoms with Gasteiger partial charge in [-0.1, -0.05) is 26.0 Å². The van der Waals surface area contributed by atoms with Crippen LogP contribution in [0.3, 0.4) is 0 Å². The second-order valence-corrected chi connectivity index (χ2v) is 7.55. The summed E-state index contributed by atoms with van der Waals surface area (Å²) < 4.78 is 12.7. The van der Waals surface area contributed by atoms with Gasteiger partial charge >= 0.3 is 0 Å². The number of benzene rings is 1. The fraction of sp³-hybridized carbons (Fsp3) is 0.409. The smallest absolute Gasteiger partial charge is 0.191 e. The van der Waals surface area contributed by atoms with Crippen LogP contribution >= 0.6 is 0 Å². The topological polar surface area (TPSA) is 85.1 Å². The highest BCUT2D eigenvalue weighted by Crippen LogP contribution is 2.32. The lowest BCUT2D eigenvalue weighted by molar-refractivity contribution is 0.353. The molecule has 30 heavy (non-hydrogen) atoms. The Bertz CT molecular complexity index is 1010. The molecule has 0 fully saturated rings. The molecule has 0 bridgehead atoms. The molecule has 160 valence electrons. The Balaban J connectivity index is 1.72. The number of nitrogens with zero attached hydrogens (tertiary/aromatic N) is 4. The highest BCUT2D eigenvalue weighted by Gasteiger charge is 2.23. The molecular formula is C22H30N6O2. The summed E-state index contributed by atoms with van der Waals surface area (Å²) in [7, 11) is 3.29. The summed E-state index contributed by atoms with van der Waals surface area (Å²) in [5, 5.41) is 15.2. The fourth-order valence-electron chi connectivity index (χ4n) is 3.15. The fourth-order valence-corrected chi connectivity index (χ4v) is 3.15. The minimum Gasteiger partial charge on any atom is -0.493 e. The van der Waals surface area contributed by atoms with Crippen molar-refractivity contribution in [1.82, 2.24) is 25.2 Å². The molecule has 2 N–H and O–H groups in total. The maximum atomic E-state index is 5.45. The largest absolute Gasteiger partial charge is 0.493 e. The van der Waals surface area contributed by atoms with Crippen molar-refractivity contribution in [2.24, 2.45) is 4.99 Å². The SMILES string of the molecule is CCNC(=NCc1nnc2ccccn12)NCC(C)(C)c1ccc(OC)c(OC)c1. The molecule has 0 unspecified atom stereocenters. The maximum absolute atomic E-state index is 5.45. The Labute approximate surface area is 177 Å². The van der Waals surface area contributed by atoms with Gasteiger partial charge in [-0.15, -0.1) is 10.2 Å². The summed E-state index contributed by atoms with van der Waals surface area (Å²) in [5.74, 6) is 2.98. The highest BCUT2D eigenvalue weighted by atomic mass is 16.5. The van der Waals surface area contributed by atoms with Crippen molar-refractivity contribution in [3.8, 4) is 11.5 Å². The summed E-state index contributed by atoms with van der Waals surface area (Å²) in [6.45, 7) is 8.28. The van der Waals surface area contributed by atoms with Crippen molar-refractivity contribution in [2.75, 3.05) is 27.3 Å². The van der Waals surface area contributed by atoms with Gasteiger partial charge in [-0.05, 0) is 36.8 Å². The van der Waals surface area contributed by atoms with Crippen LogP contribution in [0.15, 0.2) is 47.6 Å². The number of rotatable bonds is 8. The van der Waals surface area contributed by atoms with Gasteiger partial charge in [0.25, 0.3) is 0 Å². The lowest BCUT2D eigenvalue weighted by Crippen LogP contribution is -2.43. The normalized spacial score (nSPS) is 12.1. The van der Waals surface area contributed by atoms with Gasteiger partial charge in [0, 0.05) is 24.7 Å². The molecule has 0 radical (unpaired) electrons. The number of guanidine groups is 1. The molecule has 0 atom stereocenters. The maximum Gasteiger partial charge on any atom is 0.191 e. The average molecular weight is 411 g/mol. The molecule has 0 spiro atoms. The van der Waals surface area contributed by atoms with Gasteiger partial charge in [0.05, 0.1) is 14.2 Å². The first-order valence-corrected chi connectivity index (χ1v) is 10.0. The number of ether oxygens (including phenoxy) is 2. The molecule has 8 nitrogen and oxygen atoms in total. The van der Waals surface area contributed by atoms with E-state index in [2.05, 4.69) is 40.7 Å². The van der Waals surface area contributed by atoms with Crippen LogP contribution in [-0.4, -0.2) is 47.9 Å². The summed E-state index contributed by atoms with van der Waals surface area (Å²) in [4.78, 5) is 4.69. The van der Waals surface area contributed by atoms with Crippen LogP contribution < -0.4 is 20.1 Å². The van der Waals surface area contributed by atoms with Gasteiger partial charge in [0.1, 0.15) is 6.54 Å². The Morgan fingerprint density at radius 1 is 1.07 bits per heavy atom. The lowest BCUT2D eigenvalue weighted by atomic mass is 9.84. The lowest BCUT2D eigenvalue weighted by Gasteiger charge is -2.27. The number of nitrogens with one attached hydrogen (secondary N) is 2. The van der Waals surface area contributed by atoms with Crippen LogP contribution in [0.5, 0.6) is 11.5 Å². The van der Waals surface area contributed by atoms with E-state index in [0.717, 1.165) is 41.0 Å². The van der Waals surface area contributed by atoms with Crippen molar-refractivity contribution in [2.45, 2.75) is 32.7 Å². The molecule has 3 aromatic rings. The molecule has 0 aliphatic heterocycles. The summed E-state index contributed by atoms with van der Waals surface area (Å²) in [6.07, 6.45) is 1.95. The van der Waals surface area contributed by atoms with E-state index < -0.39 is 0 Å². The zero-order valence-corrected chi connectivity index (χ0v) is 18.3. The van der Waals surface area contributed by atoms with Crippen LogP contribution in [0, 0.1) is 0 Å². The van der Waals surface area contributed by atoms with Crippen LogP contribution in [0.4, 0.5) is 0 Å². The van der Waals surface area contributed by atoms with Crippen LogP contribution in [0.1, 0.15) is 32.2 Å². The monoisotopic (exact) mass is 410 g/mol. The molecule has 1 aromatic carbocycles. The molecule has 2 heterocycles. The molecule has 0 aliphatic rings. The second kappa shape index (κ2) is 9.47. The third-order valence-electron chi connectivity index (χ3n) is 4.97. The minimum atomic E-state index is -0.155. The Morgan fingerprint density at radius 2 is 1.87 bits per heavy atom. The highest BCUT2D eigenvalue weighted by molar-refractivity contribution is 5.79. The number of methoxy groups -OCH3 is 2. The predicted octanol–water partition coefficient (Wildman–Crippen LogP) is 2.78. The Morgan fingerprint density at radius 3 is 2.60 bits per heavy atom. The van der Waals surface area contributed by atoms with E-state index >= 15 is 0 Å². The van der Waals surface area contributed by atoms with Crippen molar-refractivity contribution in [1.29, 1.82) is 0 Å².